The van der Waals surface area contributed by atoms with Crippen LogP contribution in [0.2, 0.25) is 0 Å². The van der Waals surface area contributed by atoms with Gasteiger partial charge in [0.05, 0.1) is 18.8 Å². The molecule has 4 rings (SSSR count). The van der Waals surface area contributed by atoms with E-state index in [1.807, 2.05) is 18.4 Å². The molecule has 2 saturated heterocycles. The number of hydrogen-bond donors (Lipinski definition) is 1. The van der Waals surface area contributed by atoms with Gasteiger partial charge in [0.1, 0.15) is 0 Å². The number of guanidine groups is 1. The highest BCUT2D eigenvalue weighted by Gasteiger charge is 2.35. The molecule has 3 fully saturated rings. The van der Waals surface area contributed by atoms with E-state index in [2.05, 4.69) is 32.7 Å². The summed E-state index contributed by atoms with van der Waals surface area (Å²) in [5, 5.41) is 5.98. The van der Waals surface area contributed by atoms with Crippen LogP contribution in [-0.2, 0) is 14.9 Å². The molecular weight excluding hydrogens is 521 g/mol. The van der Waals surface area contributed by atoms with Crippen molar-refractivity contribution in [2.45, 2.75) is 81.8 Å². The van der Waals surface area contributed by atoms with Crippen LogP contribution in [0, 0.1) is 0 Å². The monoisotopic (exact) mass is 561 g/mol. The van der Waals surface area contributed by atoms with Gasteiger partial charge in [0.25, 0.3) is 0 Å². The number of hydrogen-bond acceptors (Lipinski definition) is 4. The summed E-state index contributed by atoms with van der Waals surface area (Å²) in [7, 11) is 1.92. The third-order valence-electron chi connectivity index (χ3n) is 7.18. The van der Waals surface area contributed by atoms with Crippen LogP contribution in [0.1, 0.15) is 69.1 Å². The maximum atomic E-state index is 6.19. The number of thiophene rings is 1. The molecule has 5 nitrogen and oxygen atoms in total. The van der Waals surface area contributed by atoms with Crippen molar-refractivity contribution in [2.24, 2.45) is 4.99 Å². The zero-order chi connectivity index (χ0) is 20.7. The molecule has 3 aliphatic rings. The van der Waals surface area contributed by atoms with E-state index < -0.39 is 0 Å². The third kappa shape index (κ3) is 6.81. The van der Waals surface area contributed by atoms with Crippen LogP contribution in [0.25, 0.3) is 0 Å². The molecule has 1 N–H and O–H groups in total. The highest BCUT2D eigenvalue weighted by molar-refractivity contribution is 14.0. The second-order valence-corrected chi connectivity index (χ2v) is 10.2. The van der Waals surface area contributed by atoms with Gasteiger partial charge in [0, 0.05) is 43.6 Å². The Morgan fingerprint density at radius 1 is 1.19 bits per heavy atom. The summed E-state index contributed by atoms with van der Waals surface area (Å²) < 4.78 is 12.0. The fourth-order valence-electron chi connectivity index (χ4n) is 5.32. The van der Waals surface area contributed by atoms with Crippen molar-refractivity contribution in [1.29, 1.82) is 0 Å². The lowest BCUT2D eigenvalue weighted by molar-refractivity contribution is -0.0721. The minimum atomic E-state index is 0. The summed E-state index contributed by atoms with van der Waals surface area (Å²) in [5.41, 5.74) is 0.282. The molecule has 1 saturated carbocycles. The lowest BCUT2D eigenvalue weighted by Crippen LogP contribution is -2.51. The second kappa shape index (κ2) is 12.8. The third-order valence-corrected chi connectivity index (χ3v) is 8.30. The Morgan fingerprint density at radius 2 is 2.00 bits per heavy atom. The van der Waals surface area contributed by atoms with Crippen molar-refractivity contribution < 1.29 is 9.47 Å². The van der Waals surface area contributed by atoms with Gasteiger partial charge in [0.15, 0.2) is 5.96 Å². The fourth-order valence-corrected chi connectivity index (χ4v) is 6.30. The van der Waals surface area contributed by atoms with Crippen LogP contribution in [0.15, 0.2) is 22.5 Å². The van der Waals surface area contributed by atoms with Gasteiger partial charge < -0.3 is 19.7 Å². The first kappa shape index (κ1) is 25.2. The zero-order valence-corrected chi connectivity index (χ0v) is 22.2. The van der Waals surface area contributed by atoms with Gasteiger partial charge in [-0.25, -0.2) is 0 Å². The Morgan fingerprint density at radius 3 is 2.65 bits per heavy atom. The minimum absolute atomic E-state index is 0. The molecule has 31 heavy (non-hydrogen) atoms. The van der Waals surface area contributed by atoms with Crippen LogP contribution >= 0.6 is 35.3 Å². The normalized spacial score (nSPS) is 25.1. The predicted octanol–water partition coefficient (Wildman–Crippen LogP) is 5.19. The van der Waals surface area contributed by atoms with Crippen molar-refractivity contribution in [3.8, 4) is 0 Å². The molecule has 7 heteroatoms. The van der Waals surface area contributed by atoms with E-state index in [4.69, 9.17) is 9.47 Å². The lowest BCUT2D eigenvalue weighted by atomic mass is 9.73. The summed E-state index contributed by atoms with van der Waals surface area (Å²) in [4.78, 5) is 8.59. The maximum Gasteiger partial charge on any atom is 0.193 e. The molecule has 0 radical (unpaired) electrons. The van der Waals surface area contributed by atoms with Crippen LogP contribution in [0.4, 0.5) is 0 Å². The van der Waals surface area contributed by atoms with Crippen molar-refractivity contribution >= 4 is 41.3 Å². The number of likely N-dealkylation sites (tertiary alicyclic amines) is 1. The average Bonchev–Trinajstić information content (AvgIpc) is 3.36. The first-order valence-electron chi connectivity index (χ1n) is 12.0. The fraction of sp³-hybridized carbons (Fsp3) is 0.792. The van der Waals surface area contributed by atoms with E-state index in [1.165, 1.54) is 44.9 Å². The minimum Gasteiger partial charge on any atom is -0.376 e. The lowest BCUT2D eigenvalue weighted by Gasteiger charge is -2.39. The predicted molar refractivity (Wildman–Crippen MR) is 140 cm³/mol. The van der Waals surface area contributed by atoms with Crippen LogP contribution in [0.5, 0.6) is 0 Å². The Bertz CT molecular complexity index is 650. The topological polar surface area (TPSA) is 46.1 Å². The largest absolute Gasteiger partial charge is 0.376 e. The Hall–Kier alpha value is -0.380. The molecule has 1 unspecified atom stereocenters. The number of halogens is 1. The summed E-state index contributed by atoms with van der Waals surface area (Å²) >= 11 is 1.92. The van der Waals surface area contributed by atoms with E-state index in [-0.39, 0.29) is 29.4 Å². The average molecular weight is 562 g/mol. The first-order valence-corrected chi connectivity index (χ1v) is 12.9. The van der Waals surface area contributed by atoms with Crippen molar-refractivity contribution in [2.75, 3.05) is 39.9 Å². The van der Waals surface area contributed by atoms with E-state index in [9.17, 15) is 0 Å². The van der Waals surface area contributed by atoms with Gasteiger partial charge in [-0.15, -0.1) is 35.3 Å². The summed E-state index contributed by atoms with van der Waals surface area (Å²) in [6.45, 7) is 4.70. The molecule has 1 aliphatic carbocycles. The summed E-state index contributed by atoms with van der Waals surface area (Å²) in [6, 6.07) is 4.54. The quantitative estimate of drug-likeness (QED) is 0.295. The number of nitrogens with one attached hydrogen (secondary N) is 1. The molecule has 2 aliphatic heterocycles. The maximum absolute atomic E-state index is 6.19. The standard InChI is InChI=1S/C24H39N3O2S.HI/c1-25-23(26-19-24(12-4-2-5-13-24)22-9-7-17-30-22)27-14-10-20(11-15-27)29-18-21-8-3-6-16-28-21;/h7,9,17,20-21H,2-6,8,10-16,18-19H2,1H3,(H,25,26);1H. The number of piperidine rings is 1. The summed E-state index contributed by atoms with van der Waals surface area (Å²) in [5.74, 6) is 1.06. The van der Waals surface area contributed by atoms with Crippen LogP contribution in [0.3, 0.4) is 0 Å². The van der Waals surface area contributed by atoms with Gasteiger partial charge in [-0.05, 0) is 56.4 Å². The second-order valence-electron chi connectivity index (χ2n) is 9.23. The molecule has 0 spiro atoms. The van der Waals surface area contributed by atoms with Crippen molar-refractivity contribution in [3.63, 3.8) is 0 Å². The molecule has 0 bridgehead atoms. The molecule has 1 aromatic rings. The Kier molecular flexibility index (Phi) is 10.4. The molecule has 0 aromatic carbocycles. The van der Waals surface area contributed by atoms with E-state index in [0.29, 0.717) is 12.2 Å². The zero-order valence-electron chi connectivity index (χ0n) is 19.0. The number of ether oxygens (including phenoxy) is 2. The smallest absolute Gasteiger partial charge is 0.193 e. The van der Waals surface area contributed by atoms with Gasteiger partial charge >= 0.3 is 0 Å². The van der Waals surface area contributed by atoms with E-state index in [0.717, 1.165) is 58.1 Å². The van der Waals surface area contributed by atoms with Crippen molar-refractivity contribution in [3.05, 3.63) is 22.4 Å². The van der Waals surface area contributed by atoms with Gasteiger partial charge in [-0.1, -0.05) is 25.3 Å². The van der Waals surface area contributed by atoms with Gasteiger partial charge in [-0.3, -0.25) is 4.99 Å². The molecule has 0 amide bonds. The molecular formula is C24H40IN3O2S. The number of rotatable bonds is 6. The number of aliphatic imine (C=N–C) groups is 1. The molecule has 176 valence electrons. The number of nitrogens with zero attached hydrogens (tertiary/aromatic N) is 2. The van der Waals surface area contributed by atoms with Crippen LogP contribution < -0.4 is 5.32 Å². The highest BCUT2D eigenvalue weighted by Crippen LogP contribution is 2.41. The van der Waals surface area contributed by atoms with Crippen LogP contribution in [-0.4, -0.2) is 63.0 Å². The summed E-state index contributed by atoms with van der Waals surface area (Å²) in [6.07, 6.45) is 13.1. The Labute approximate surface area is 209 Å². The van der Waals surface area contributed by atoms with Gasteiger partial charge in [0.2, 0.25) is 0 Å². The first-order chi connectivity index (χ1) is 14.8. The highest BCUT2D eigenvalue weighted by atomic mass is 127. The van der Waals surface area contributed by atoms with E-state index >= 15 is 0 Å². The Balaban J connectivity index is 0.00000272. The molecule has 1 aromatic heterocycles. The SMILES string of the molecule is CN=C(NCC1(c2cccs2)CCCCC1)N1CCC(OCC2CCCCO2)CC1.I. The van der Waals surface area contributed by atoms with Crippen molar-refractivity contribution in [1.82, 2.24) is 10.2 Å². The van der Waals surface area contributed by atoms with Gasteiger partial charge in [-0.2, -0.15) is 0 Å². The molecule has 1 atom stereocenters. The van der Waals surface area contributed by atoms with E-state index in [1.54, 1.807) is 4.88 Å². The molecule has 3 heterocycles.